The number of hydrogen-bond acceptors (Lipinski definition) is 3. The fourth-order valence-electron chi connectivity index (χ4n) is 3.82. The van der Waals surface area contributed by atoms with Crippen LogP contribution in [0, 0.1) is 13.8 Å². The number of carbonyl (C=O) groups is 2. The molecule has 0 spiro atoms. The number of carbonyl (C=O) groups excluding carboxylic acids is 2. The third-order valence-electron chi connectivity index (χ3n) is 5.62. The molecule has 32 heavy (non-hydrogen) atoms. The Morgan fingerprint density at radius 3 is 2.34 bits per heavy atom. The predicted molar refractivity (Wildman–Crippen MR) is 132 cm³/mol. The maximum absolute atomic E-state index is 13.0. The molecule has 1 aliphatic heterocycles. The number of nitrogens with zero attached hydrogens (tertiary/aromatic N) is 2. The second-order valence-electron chi connectivity index (χ2n) is 7.68. The highest BCUT2D eigenvalue weighted by molar-refractivity contribution is 8.18. The molecule has 0 radical (unpaired) electrons. The van der Waals surface area contributed by atoms with Gasteiger partial charge in [0.2, 0.25) is 0 Å². The van der Waals surface area contributed by atoms with Gasteiger partial charge < -0.3 is 4.57 Å². The Balaban J connectivity index is 1.54. The third-order valence-corrected chi connectivity index (χ3v) is 7.23. The Morgan fingerprint density at radius 2 is 1.66 bits per heavy atom. The van der Waals surface area contributed by atoms with E-state index in [1.54, 1.807) is 24.3 Å². The first-order valence-electron chi connectivity index (χ1n) is 10.2. The van der Waals surface area contributed by atoms with Crippen LogP contribution in [0.3, 0.4) is 0 Å². The number of benzene rings is 2. The van der Waals surface area contributed by atoms with Gasteiger partial charge in [0.15, 0.2) is 0 Å². The summed E-state index contributed by atoms with van der Waals surface area (Å²) in [4.78, 5) is 27.1. The predicted octanol–water partition coefficient (Wildman–Crippen LogP) is 6.89. The van der Waals surface area contributed by atoms with Crippen LogP contribution in [0.1, 0.15) is 28.1 Å². The van der Waals surface area contributed by atoms with Crippen molar-refractivity contribution in [3.05, 3.63) is 97.6 Å². The summed E-state index contributed by atoms with van der Waals surface area (Å²) in [6.45, 7) is 5.00. The van der Waals surface area contributed by atoms with Crippen molar-refractivity contribution in [3.63, 3.8) is 0 Å². The van der Waals surface area contributed by atoms with Crippen molar-refractivity contribution in [1.29, 1.82) is 0 Å². The maximum Gasteiger partial charge on any atom is 0.293 e. The molecule has 7 heteroatoms. The Hall–Kier alpha value is -2.47. The lowest BCUT2D eigenvalue weighted by Crippen LogP contribution is -2.27. The summed E-state index contributed by atoms with van der Waals surface area (Å²) in [5.41, 5.74) is 4.97. The van der Waals surface area contributed by atoms with E-state index in [0.717, 1.165) is 41.7 Å². The van der Waals surface area contributed by atoms with Crippen LogP contribution >= 0.6 is 35.0 Å². The van der Waals surface area contributed by atoms with Gasteiger partial charge in [0.25, 0.3) is 11.1 Å². The van der Waals surface area contributed by atoms with Gasteiger partial charge in [-0.15, -0.1) is 0 Å². The summed E-state index contributed by atoms with van der Waals surface area (Å²) in [7, 11) is 0. The molecule has 164 valence electrons. The summed E-state index contributed by atoms with van der Waals surface area (Å²) in [6.07, 6.45) is 2.73. The first kappa shape index (κ1) is 22.7. The van der Waals surface area contributed by atoms with Crippen LogP contribution in [-0.2, 0) is 24.3 Å². The lowest BCUT2D eigenvalue weighted by Gasteiger charge is -2.14. The molecular formula is C25H22Cl2N2O2S. The van der Waals surface area contributed by atoms with E-state index in [9.17, 15) is 9.59 Å². The van der Waals surface area contributed by atoms with E-state index >= 15 is 0 Å². The van der Waals surface area contributed by atoms with Crippen molar-refractivity contribution in [1.82, 2.24) is 9.47 Å². The van der Waals surface area contributed by atoms with Crippen molar-refractivity contribution in [2.24, 2.45) is 0 Å². The van der Waals surface area contributed by atoms with E-state index in [4.69, 9.17) is 23.2 Å². The molecule has 2 amide bonds. The van der Waals surface area contributed by atoms with Gasteiger partial charge in [-0.05, 0) is 67.4 Å². The van der Waals surface area contributed by atoms with Crippen molar-refractivity contribution in [2.75, 3.05) is 0 Å². The summed E-state index contributed by atoms with van der Waals surface area (Å²) < 4.78 is 2.24. The zero-order valence-electron chi connectivity index (χ0n) is 17.8. The summed E-state index contributed by atoms with van der Waals surface area (Å²) in [5, 5.41) is 0.542. The van der Waals surface area contributed by atoms with Gasteiger partial charge in [0.05, 0.1) is 11.4 Å². The van der Waals surface area contributed by atoms with Gasteiger partial charge in [-0.3, -0.25) is 14.5 Å². The first-order valence-corrected chi connectivity index (χ1v) is 11.8. The Bertz CT molecular complexity index is 1200. The Labute approximate surface area is 201 Å². The zero-order valence-corrected chi connectivity index (χ0v) is 20.1. The average Bonchev–Trinajstić information content (AvgIpc) is 3.19. The van der Waals surface area contributed by atoms with Crippen LogP contribution in [0.2, 0.25) is 10.0 Å². The molecule has 1 aromatic heterocycles. The molecule has 0 unspecified atom stereocenters. The molecule has 0 N–H and O–H groups in total. The monoisotopic (exact) mass is 484 g/mol. The number of aryl methyl sites for hydroxylation is 2. The second-order valence-corrected chi connectivity index (χ2v) is 9.49. The largest absolute Gasteiger partial charge is 0.348 e. The molecule has 4 nitrogen and oxygen atoms in total. The number of imide groups is 1. The van der Waals surface area contributed by atoms with Crippen LogP contribution in [0.15, 0.2) is 59.5 Å². The van der Waals surface area contributed by atoms with Crippen molar-refractivity contribution >= 4 is 52.2 Å². The quantitative estimate of drug-likeness (QED) is 0.357. The number of amides is 2. The van der Waals surface area contributed by atoms with Crippen molar-refractivity contribution in [2.45, 2.75) is 33.4 Å². The minimum absolute atomic E-state index is 0.0522. The smallest absolute Gasteiger partial charge is 0.293 e. The molecule has 0 atom stereocenters. The van der Waals surface area contributed by atoms with Crippen LogP contribution in [0.4, 0.5) is 4.79 Å². The van der Waals surface area contributed by atoms with Crippen LogP contribution < -0.4 is 0 Å². The Morgan fingerprint density at radius 1 is 0.969 bits per heavy atom. The lowest BCUT2D eigenvalue weighted by atomic mass is 10.1. The molecule has 2 heterocycles. The highest BCUT2D eigenvalue weighted by Crippen LogP contribution is 2.36. The van der Waals surface area contributed by atoms with Gasteiger partial charge >= 0.3 is 0 Å². The molecule has 1 aliphatic rings. The fraction of sp³-hybridized carbons (Fsp3) is 0.200. The topological polar surface area (TPSA) is 42.3 Å². The molecular weight excluding hydrogens is 463 g/mol. The standard InChI is InChI=1S/C25H22Cl2N2O2S/c1-16-13-19(17(2)28(16)12-11-18-7-4-3-5-8-18)14-23-24(30)29(25(31)32-23)15-20-21(26)9-6-10-22(20)27/h3-10,13-14H,11-12,15H2,1-2H3/b23-14-. The number of rotatable bonds is 6. The normalized spacial score (nSPS) is 15.2. The minimum Gasteiger partial charge on any atom is -0.348 e. The van der Waals surface area contributed by atoms with Crippen molar-refractivity contribution < 1.29 is 9.59 Å². The van der Waals surface area contributed by atoms with E-state index in [-0.39, 0.29) is 17.7 Å². The second kappa shape index (κ2) is 9.57. The van der Waals surface area contributed by atoms with E-state index < -0.39 is 0 Å². The number of thioether (sulfide) groups is 1. The van der Waals surface area contributed by atoms with Crippen LogP contribution in [0.5, 0.6) is 0 Å². The molecule has 0 bridgehead atoms. The first-order chi connectivity index (χ1) is 15.3. The Kier molecular flexibility index (Phi) is 6.79. The summed E-state index contributed by atoms with van der Waals surface area (Å²) in [6, 6.07) is 17.5. The molecule has 3 aromatic rings. The van der Waals surface area contributed by atoms with E-state index in [1.165, 1.54) is 10.5 Å². The van der Waals surface area contributed by atoms with Gasteiger partial charge in [0, 0.05) is 33.5 Å². The van der Waals surface area contributed by atoms with Gasteiger partial charge in [0.1, 0.15) is 0 Å². The van der Waals surface area contributed by atoms with E-state index in [0.29, 0.717) is 20.5 Å². The molecule has 1 fully saturated rings. The number of halogens is 2. The molecule has 0 aliphatic carbocycles. The van der Waals surface area contributed by atoms with Gasteiger partial charge in [-0.25, -0.2) is 0 Å². The number of aromatic nitrogens is 1. The van der Waals surface area contributed by atoms with Gasteiger partial charge in [-0.2, -0.15) is 0 Å². The summed E-state index contributed by atoms with van der Waals surface area (Å²) in [5.74, 6) is -0.329. The number of hydrogen-bond donors (Lipinski definition) is 0. The zero-order chi connectivity index (χ0) is 22.8. The van der Waals surface area contributed by atoms with Crippen molar-refractivity contribution in [3.8, 4) is 0 Å². The molecule has 1 saturated heterocycles. The van der Waals surface area contributed by atoms with Crippen LogP contribution in [0.25, 0.3) is 6.08 Å². The maximum atomic E-state index is 13.0. The molecule has 2 aromatic carbocycles. The SMILES string of the molecule is Cc1cc(/C=C2\SC(=O)N(Cc3c(Cl)cccc3Cl)C2=O)c(C)n1CCc1ccccc1. The molecule has 0 saturated carbocycles. The third kappa shape index (κ3) is 4.65. The van der Waals surface area contributed by atoms with Crippen LogP contribution in [-0.4, -0.2) is 20.6 Å². The summed E-state index contributed by atoms with van der Waals surface area (Å²) >= 11 is 13.4. The highest BCUT2D eigenvalue weighted by atomic mass is 35.5. The minimum atomic E-state index is -0.329. The van der Waals surface area contributed by atoms with E-state index in [2.05, 4.69) is 29.7 Å². The fourth-order valence-corrected chi connectivity index (χ4v) is 5.17. The lowest BCUT2D eigenvalue weighted by molar-refractivity contribution is -0.123. The van der Waals surface area contributed by atoms with Gasteiger partial charge in [-0.1, -0.05) is 59.6 Å². The van der Waals surface area contributed by atoms with E-state index in [1.807, 2.05) is 25.1 Å². The average molecular weight is 485 g/mol. The highest BCUT2D eigenvalue weighted by Gasteiger charge is 2.36. The molecule has 4 rings (SSSR count).